The minimum atomic E-state index is -0.139. The van der Waals surface area contributed by atoms with E-state index >= 15 is 0 Å². The maximum absolute atomic E-state index is 12.8. The van der Waals surface area contributed by atoms with Crippen LogP contribution in [0.2, 0.25) is 0 Å². The van der Waals surface area contributed by atoms with Gasteiger partial charge in [0.1, 0.15) is 5.82 Å². The van der Waals surface area contributed by atoms with E-state index in [1.165, 1.54) is 37.7 Å². The lowest BCUT2D eigenvalue weighted by Gasteiger charge is -2.31. The van der Waals surface area contributed by atoms with Crippen LogP contribution in [-0.2, 0) is 6.42 Å². The molecule has 1 nitrogen and oxygen atoms in total. The average molecular weight is 235 g/mol. The minimum Gasteiger partial charge on any atom is -0.317 e. The first kappa shape index (κ1) is 12.6. The second kappa shape index (κ2) is 6.15. The van der Waals surface area contributed by atoms with Gasteiger partial charge in [0, 0.05) is 6.04 Å². The number of hydrogen-bond donors (Lipinski definition) is 1. The van der Waals surface area contributed by atoms with E-state index in [4.69, 9.17) is 0 Å². The molecule has 2 atom stereocenters. The summed E-state index contributed by atoms with van der Waals surface area (Å²) in [5.74, 6) is 0.651. The summed E-state index contributed by atoms with van der Waals surface area (Å²) in [6.45, 7) is 0. The highest BCUT2D eigenvalue weighted by atomic mass is 19.1. The molecule has 0 amide bonds. The molecule has 1 aromatic carbocycles. The predicted molar refractivity (Wildman–Crippen MR) is 69.5 cm³/mol. The van der Waals surface area contributed by atoms with Crippen LogP contribution in [0.3, 0.4) is 0 Å². The van der Waals surface area contributed by atoms with E-state index in [9.17, 15) is 4.39 Å². The number of nitrogens with one attached hydrogen (secondary N) is 1. The van der Waals surface area contributed by atoms with E-state index in [2.05, 4.69) is 12.4 Å². The van der Waals surface area contributed by atoms with Crippen molar-refractivity contribution in [2.24, 2.45) is 5.92 Å². The SMILES string of the molecule is CNC1CCCCC1CCc1ccc(F)cc1. The minimum absolute atomic E-state index is 0.139. The predicted octanol–water partition coefficient (Wildman–Crippen LogP) is 3.54. The molecule has 17 heavy (non-hydrogen) atoms. The molecule has 1 N–H and O–H groups in total. The Balaban J connectivity index is 1.86. The van der Waals surface area contributed by atoms with E-state index in [0.717, 1.165) is 12.3 Å². The van der Waals surface area contributed by atoms with Crippen molar-refractivity contribution in [1.82, 2.24) is 5.32 Å². The van der Waals surface area contributed by atoms with Crippen molar-refractivity contribution < 1.29 is 4.39 Å². The lowest BCUT2D eigenvalue weighted by atomic mass is 9.81. The summed E-state index contributed by atoms with van der Waals surface area (Å²) in [6, 6.07) is 7.63. The van der Waals surface area contributed by atoms with Gasteiger partial charge >= 0.3 is 0 Å². The van der Waals surface area contributed by atoms with E-state index < -0.39 is 0 Å². The largest absolute Gasteiger partial charge is 0.317 e. The highest BCUT2D eigenvalue weighted by molar-refractivity contribution is 5.16. The van der Waals surface area contributed by atoms with Crippen LogP contribution in [-0.4, -0.2) is 13.1 Å². The molecule has 0 bridgehead atoms. The van der Waals surface area contributed by atoms with Crippen LogP contribution in [0.4, 0.5) is 4.39 Å². The Hall–Kier alpha value is -0.890. The highest BCUT2D eigenvalue weighted by Gasteiger charge is 2.22. The highest BCUT2D eigenvalue weighted by Crippen LogP contribution is 2.28. The van der Waals surface area contributed by atoms with Crippen LogP contribution in [0.5, 0.6) is 0 Å². The van der Waals surface area contributed by atoms with E-state index in [-0.39, 0.29) is 5.82 Å². The molecule has 1 saturated carbocycles. The fourth-order valence-corrected chi connectivity index (χ4v) is 2.94. The molecule has 0 aromatic heterocycles. The lowest BCUT2D eigenvalue weighted by molar-refractivity contribution is 0.260. The molecular weight excluding hydrogens is 213 g/mol. The van der Waals surface area contributed by atoms with Gasteiger partial charge < -0.3 is 5.32 Å². The molecule has 0 saturated heterocycles. The van der Waals surface area contributed by atoms with Gasteiger partial charge in [0.15, 0.2) is 0 Å². The van der Waals surface area contributed by atoms with Crippen LogP contribution in [0, 0.1) is 11.7 Å². The fraction of sp³-hybridized carbons (Fsp3) is 0.600. The molecule has 0 spiro atoms. The van der Waals surface area contributed by atoms with Gasteiger partial charge in [-0.25, -0.2) is 4.39 Å². The molecular formula is C15H22FN. The van der Waals surface area contributed by atoms with Crippen LogP contribution in [0.25, 0.3) is 0 Å². The van der Waals surface area contributed by atoms with Crippen LogP contribution >= 0.6 is 0 Å². The Morgan fingerprint density at radius 1 is 1.18 bits per heavy atom. The third-order valence-electron chi connectivity index (χ3n) is 4.00. The number of benzene rings is 1. The van der Waals surface area contributed by atoms with E-state index in [1.54, 1.807) is 12.1 Å². The van der Waals surface area contributed by atoms with Gasteiger partial charge in [0.25, 0.3) is 0 Å². The van der Waals surface area contributed by atoms with Crippen molar-refractivity contribution in [3.63, 3.8) is 0 Å². The van der Waals surface area contributed by atoms with Gasteiger partial charge in [0.05, 0.1) is 0 Å². The summed E-state index contributed by atoms with van der Waals surface area (Å²) >= 11 is 0. The molecule has 0 heterocycles. The van der Waals surface area contributed by atoms with Gasteiger partial charge in [-0.3, -0.25) is 0 Å². The Bertz CT molecular complexity index is 333. The summed E-state index contributed by atoms with van der Waals surface area (Å²) < 4.78 is 12.8. The zero-order chi connectivity index (χ0) is 12.1. The standard InChI is InChI=1S/C15H22FN/c1-17-15-5-3-2-4-13(15)9-6-12-7-10-14(16)11-8-12/h7-8,10-11,13,15,17H,2-6,9H2,1H3. The molecule has 0 radical (unpaired) electrons. The molecule has 94 valence electrons. The molecule has 2 heteroatoms. The second-order valence-electron chi connectivity index (χ2n) is 5.10. The Labute approximate surface area is 103 Å². The maximum atomic E-state index is 12.8. The van der Waals surface area contributed by atoms with Crippen molar-refractivity contribution >= 4 is 0 Å². The second-order valence-corrected chi connectivity index (χ2v) is 5.10. The van der Waals surface area contributed by atoms with E-state index in [0.29, 0.717) is 6.04 Å². The fourth-order valence-electron chi connectivity index (χ4n) is 2.94. The molecule has 1 fully saturated rings. The molecule has 1 aliphatic carbocycles. The summed E-state index contributed by atoms with van der Waals surface area (Å²) in [7, 11) is 2.07. The van der Waals surface area contributed by atoms with Gasteiger partial charge in [-0.05, 0) is 56.3 Å². The Morgan fingerprint density at radius 3 is 2.59 bits per heavy atom. The van der Waals surface area contributed by atoms with E-state index in [1.807, 2.05) is 12.1 Å². The van der Waals surface area contributed by atoms with Gasteiger partial charge in [-0.15, -0.1) is 0 Å². The summed E-state index contributed by atoms with van der Waals surface area (Å²) in [5, 5.41) is 3.44. The summed E-state index contributed by atoms with van der Waals surface area (Å²) in [6.07, 6.45) is 7.67. The normalized spacial score (nSPS) is 24.8. The van der Waals surface area contributed by atoms with Gasteiger partial charge in [0.2, 0.25) is 0 Å². The zero-order valence-corrected chi connectivity index (χ0v) is 10.6. The van der Waals surface area contributed by atoms with Crippen molar-refractivity contribution in [3.8, 4) is 0 Å². The van der Waals surface area contributed by atoms with Crippen LogP contribution in [0.15, 0.2) is 24.3 Å². The van der Waals surface area contributed by atoms with Crippen LogP contribution < -0.4 is 5.32 Å². The molecule has 0 aliphatic heterocycles. The number of hydrogen-bond acceptors (Lipinski definition) is 1. The van der Waals surface area contributed by atoms with Crippen LogP contribution in [0.1, 0.15) is 37.7 Å². The molecule has 1 aliphatic rings. The average Bonchev–Trinajstić information content (AvgIpc) is 2.38. The van der Waals surface area contributed by atoms with Crippen molar-refractivity contribution in [2.45, 2.75) is 44.6 Å². The van der Waals surface area contributed by atoms with Gasteiger partial charge in [-0.1, -0.05) is 25.0 Å². The quantitative estimate of drug-likeness (QED) is 0.841. The summed E-state index contributed by atoms with van der Waals surface area (Å²) in [4.78, 5) is 0. The molecule has 2 unspecified atom stereocenters. The first-order valence-electron chi connectivity index (χ1n) is 6.71. The number of rotatable bonds is 4. The molecule has 2 rings (SSSR count). The Morgan fingerprint density at radius 2 is 1.88 bits per heavy atom. The number of halogens is 1. The van der Waals surface area contributed by atoms with Crippen molar-refractivity contribution in [3.05, 3.63) is 35.6 Å². The van der Waals surface area contributed by atoms with Crippen molar-refractivity contribution in [2.75, 3.05) is 7.05 Å². The third kappa shape index (κ3) is 3.53. The first-order valence-corrected chi connectivity index (χ1v) is 6.71. The lowest BCUT2D eigenvalue weighted by Crippen LogP contribution is -2.36. The topological polar surface area (TPSA) is 12.0 Å². The van der Waals surface area contributed by atoms with Crippen molar-refractivity contribution in [1.29, 1.82) is 0 Å². The smallest absolute Gasteiger partial charge is 0.123 e. The van der Waals surface area contributed by atoms with Gasteiger partial charge in [-0.2, -0.15) is 0 Å². The number of aryl methyl sites for hydroxylation is 1. The Kier molecular flexibility index (Phi) is 4.55. The monoisotopic (exact) mass is 235 g/mol. The third-order valence-corrected chi connectivity index (χ3v) is 4.00. The maximum Gasteiger partial charge on any atom is 0.123 e. The molecule has 1 aromatic rings. The first-order chi connectivity index (χ1) is 8.29. The summed E-state index contributed by atoms with van der Waals surface area (Å²) in [5.41, 5.74) is 1.26. The zero-order valence-electron chi connectivity index (χ0n) is 10.6.